The Hall–Kier alpha value is -3.03. The molecule has 3 heterocycles. The lowest BCUT2D eigenvalue weighted by atomic mass is 10.3. The van der Waals surface area contributed by atoms with Crippen LogP contribution in [-0.4, -0.2) is 44.9 Å². The first-order chi connectivity index (χ1) is 10.7. The number of fused-ring (bicyclic) bond motifs is 1. The molecular weight excluding hydrogens is 284 g/mol. The lowest BCUT2D eigenvalue weighted by Crippen LogP contribution is -2.20. The minimum Gasteiger partial charge on any atom is -0.464 e. The first-order valence-corrected chi connectivity index (χ1v) is 6.61. The van der Waals surface area contributed by atoms with E-state index in [0.29, 0.717) is 12.4 Å². The number of ether oxygens (including phenoxy) is 1. The van der Waals surface area contributed by atoms with Crippen LogP contribution in [0.25, 0.3) is 5.65 Å². The fourth-order valence-corrected chi connectivity index (χ4v) is 2.03. The summed E-state index contributed by atoms with van der Waals surface area (Å²) < 4.78 is 6.50. The van der Waals surface area contributed by atoms with E-state index in [-0.39, 0.29) is 5.69 Å². The van der Waals surface area contributed by atoms with Gasteiger partial charge < -0.3 is 9.64 Å². The average Bonchev–Trinajstić information content (AvgIpc) is 2.97. The molecule has 112 valence electrons. The minimum absolute atomic E-state index is 0.174. The van der Waals surface area contributed by atoms with Crippen LogP contribution in [0.2, 0.25) is 0 Å². The first kappa shape index (κ1) is 13.9. The molecule has 0 unspecified atom stereocenters. The Bertz CT molecular complexity index is 798. The number of carbonyl (C=O) groups is 1. The van der Waals surface area contributed by atoms with Crippen molar-refractivity contribution in [2.45, 2.75) is 6.54 Å². The van der Waals surface area contributed by atoms with Crippen LogP contribution in [0.5, 0.6) is 0 Å². The van der Waals surface area contributed by atoms with Gasteiger partial charge in [0.15, 0.2) is 23.0 Å². The van der Waals surface area contributed by atoms with Gasteiger partial charge in [0.2, 0.25) is 0 Å². The van der Waals surface area contributed by atoms with Gasteiger partial charge in [0, 0.05) is 13.2 Å². The van der Waals surface area contributed by atoms with E-state index in [0.717, 1.165) is 11.5 Å². The molecule has 0 amide bonds. The quantitative estimate of drug-likeness (QED) is 0.663. The van der Waals surface area contributed by atoms with Crippen LogP contribution in [0.1, 0.15) is 16.3 Å². The molecule has 0 fully saturated rings. The SMILES string of the molecule is COC(=O)c1ccc(N(C)Cc2nnc3ccccn23)nn1. The third kappa shape index (κ3) is 2.58. The van der Waals surface area contributed by atoms with Gasteiger partial charge in [-0.1, -0.05) is 6.07 Å². The summed E-state index contributed by atoms with van der Waals surface area (Å²) >= 11 is 0. The van der Waals surface area contributed by atoms with Gasteiger partial charge in [-0.05, 0) is 24.3 Å². The van der Waals surface area contributed by atoms with Crippen LogP contribution >= 0.6 is 0 Å². The molecule has 3 rings (SSSR count). The topological polar surface area (TPSA) is 85.5 Å². The molecule has 0 radical (unpaired) electrons. The van der Waals surface area contributed by atoms with E-state index in [4.69, 9.17) is 0 Å². The van der Waals surface area contributed by atoms with Gasteiger partial charge in [0.05, 0.1) is 13.7 Å². The summed E-state index contributed by atoms with van der Waals surface area (Å²) in [6.07, 6.45) is 1.91. The standard InChI is InChI=1S/C14H14N6O2/c1-19(11-7-6-10(15-16-11)14(21)22-2)9-13-18-17-12-5-3-4-8-20(12)13/h3-8H,9H2,1-2H3. The van der Waals surface area contributed by atoms with Crippen LogP contribution in [0, 0.1) is 0 Å². The number of nitrogens with zero attached hydrogens (tertiary/aromatic N) is 6. The van der Waals surface area contributed by atoms with Gasteiger partial charge in [-0.15, -0.1) is 20.4 Å². The van der Waals surface area contributed by atoms with Crippen LogP contribution in [0.4, 0.5) is 5.82 Å². The third-order valence-electron chi connectivity index (χ3n) is 3.20. The Morgan fingerprint density at radius 2 is 2.05 bits per heavy atom. The molecule has 8 nitrogen and oxygen atoms in total. The molecular formula is C14H14N6O2. The van der Waals surface area contributed by atoms with E-state index in [1.807, 2.05) is 40.7 Å². The highest BCUT2D eigenvalue weighted by atomic mass is 16.5. The molecule has 0 saturated carbocycles. The zero-order valence-electron chi connectivity index (χ0n) is 12.2. The highest BCUT2D eigenvalue weighted by Gasteiger charge is 2.12. The lowest BCUT2D eigenvalue weighted by Gasteiger charge is -2.16. The zero-order valence-corrected chi connectivity index (χ0v) is 12.2. The minimum atomic E-state index is -0.509. The van der Waals surface area contributed by atoms with Gasteiger partial charge in [-0.2, -0.15) is 0 Å². The molecule has 0 atom stereocenters. The smallest absolute Gasteiger partial charge is 0.358 e. The normalized spacial score (nSPS) is 10.6. The Balaban J connectivity index is 1.79. The van der Waals surface area contributed by atoms with E-state index in [9.17, 15) is 4.79 Å². The van der Waals surface area contributed by atoms with Crippen molar-refractivity contribution in [2.24, 2.45) is 0 Å². The Labute approximate surface area is 126 Å². The molecule has 22 heavy (non-hydrogen) atoms. The molecule has 0 spiro atoms. The number of rotatable bonds is 4. The maximum Gasteiger partial charge on any atom is 0.358 e. The van der Waals surface area contributed by atoms with Gasteiger partial charge in [-0.3, -0.25) is 4.40 Å². The molecule has 3 aromatic rings. The zero-order chi connectivity index (χ0) is 15.5. The van der Waals surface area contributed by atoms with Gasteiger partial charge in [0.25, 0.3) is 0 Å². The molecule has 0 aliphatic rings. The van der Waals surface area contributed by atoms with Gasteiger partial charge in [-0.25, -0.2) is 4.79 Å². The Morgan fingerprint density at radius 1 is 1.18 bits per heavy atom. The lowest BCUT2D eigenvalue weighted by molar-refractivity contribution is 0.0592. The molecule has 0 aromatic carbocycles. The molecule has 0 aliphatic heterocycles. The predicted octanol–water partition coefficient (Wildman–Crippen LogP) is 0.942. The molecule has 3 aromatic heterocycles. The van der Waals surface area contributed by atoms with E-state index >= 15 is 0 Å². The van der Waals surface area contributed by atoms with Crippen molar-refractivity contribution in [1.29, 1.82) is 0 Å². The van der Waals surface area contributed by atoms with Crippen molar-refractivity contribution >= 4 is 17.4 Å². The molecule has 0 bridgehead atoms. The Kier molecular flexibility index (Phi) is 3.65. The molecule has 8 heteroatoms. The number of aromatic nitrogens is 5. The number of esters is 1. The van der Waals surface area contributed by atoms with E-state index in [1.165, 1.54) is 7.11 Å². The Morgan fingerprint density at radius 3 is 2.77 bits per heavy atom. The third-order valence-corrected chi connectivity index (χ3v) is 3.20. The number of hydrogen-bond acceptors (Lipinski definition) is 7. The highest BCUT2D eigenvalue weighted by Crippen LogP contribution is 2.12. The maximum atomic E-state index is 11.3. The van der Waals surface area contributed by atoms with E-state index < -0.39 is 5.97 Å². The summed E-state index contributed by atoms with van der Waals surface area (Å²) in [6, 6.07) is 9.01. The van der Waals surface area contributed by atoms with E-state index in [2.05, 4.69) is 25.1 Å². The molecule has 0 aliphatic carbocycles. The van der Waals surface area contributed by atoms with Crippen molar-refractivity contribution in [2.75, 3.05) is 19.1 Å². The predicted molar refractivity (Wildman–Crippen MR) is 78.5 cm³/mol. The summed E-state index contributed by atoms with van der Waals surface area (Å²) in [7, 11) is 3.17. The number of pyridine rings is 1. The van der Waals surface area contributed by atoms with E-state index in [1.54, 1.807) is 12.1 Å². The second kappa shape index (κ2) is 5.76. The van der Waals surface area contributed by atoms with Crippen molar-refractivity contribution in [3.63, 3.8) is 0 Å². The second-order valence-corrected chi connectivity index (χ2v) is 4.67. The van der Waals surface area contributed by atoms with Crippen molar-refractivity contribution in [1.82, 2.24) is 24.8 Å². The maximum absolute atomic E-state index is 11.3. The fraction of sp³-hybridized carbons (Fsp3) is 0.214. The summed E-state index contributed by atoms with van der Waals surface area (Å²) in [6.45, 7) is 0.511. The first-order valence-electron chi connectivity index (χ1n) is 6.61. The van der Waals surface area contributed by atoms with Crippen molar-refractivity contribution < 1.29 is 9.53 Å². The largest absolute Gasteiger partial charge is 0.464 e. The van der Waals surface area contributed by atoms with Crippen molar-refractivity contribution in [3.8, 4) is 0 Å². The van der Waals surface area contributed by atoms with Gasteiger partial charge >= 0.3 is 5.97 Å². The number of anilines is 1. The summed E-state index contributed by atoms with van der Waals surface area (Å²) in [5, 5.41) is 16.2. The van der Waals surface area contributed by atoms with Crippen LogP contribution in [-0.2, 0) is 11.3 Å². The van der Waals surface area contributed by atoms with Crippen LogP contribution in [0.15, 0.2) is 36.5 Å². The number of methoxy groups -OCH3 is 1. The number of hydrogen-bond donors (Lipinski definition) is 0. The fourth-order valence-electron chi connectivity index (χ4n) is 2.03. The summed E-state index contributed by atoms with van der Waals surface area (Å²) in [5.74, 6) is 0.905. The second-order valence-electron chi connectivity index (χ2n) is 4.67. The van der Waals surface area contributed by atoms with Crippen LogP contribution < -0.4 is 4.90 Å². The van der Waals surface area contributed by atoms with Gasteiger partial charge in [0.1, 0.15) is 0 Å². The number of carbonyl (C=O) groups excluding carboxylic acids is 1. The highest BCUT2D eigenvalue weighted by molar-refractivity contribution is 5.86. The summed E-state index contributed by atoms with van der Waals surface area (Å²) in [4.78, 5) is 13.2. The molecule has 0 saturated heterocycles. The molecule has 0 N–H and O–H groups in total. The monoisotopic (exact) mass is 298 g/mol. The summed E-state index contributed by atoms with van der Waals surface area (Å²) in [5.41, 5.74) is 0.964. The van der Waals surface area contributed by atoms with Crippen molar-refractivity contribution in [3.05, 3.63) is 48.0 Å². The average molecular weight is 298 g/mol. The van der Waals surface area contributed by atoms with Crippen LogP contribution in [0.3, 0.4) is 0 Å².